The van der Waals surface area contributed by atoms with E-state index >= 15 is 0 Å². The number of fused-ring (bicyclic) bond motifs is 1. The van der Waals surface area contributed by atoms with Gasteiger partial charge in [0, 0.05) is 5.39 Å². The highest BCUT2D eigenvalue weighted by Crippen LogP contribution is 2.24. The van der Waals surface area contributed by atoms with Crippen molar-refractivity contribution in [2.24, 2.45) is 0 Å². The predicted molar refractivity (Wildman–Crippen MR) is 101 cm³/mol. The number of amides is 2. The smallest absolute Gasteiger partial charge is 0.305 e. The van der Waals surface area contributed by atoms with Crippen molar-refractivity contribution in [1.29, 1.82) is 0 Å². The van der Waals surface area contributed by atoms with Crippen LogP contribution in [0.1, 0.15) is 21.0 Å². The van der Waals surface area contributed by atoms with E-state index in [1.165, 1.54) is 18.2 Å². The van der Waals surface area contributed by atoms with Crippen LogP contribution < -0.4 is 10.9 Å². The molecule has 4 aromatic rings. The van der Waals surface area contributed by atoms with Crippen LogP contribution in [0, 0.1) is 5.82 Å². The summed E-state index contributed by atoms with van der Waals surface area (Å²) in [4.78, 5) is 28.7. The number of nitrogens with zero attached hydrogens (tertiary/aromatic N) is 1. The maximum Gasteiger partial charge on any atom is 0.305 e. The minimum absolute atomic E-state index is 0.0648. The van der Waals surface area contributed by atoms with Gasteiger partial charge in [-0.25, -0.2) is 9.37 Å². The Morgan fingerprint density at radius 3 is 2.43 bits per heavy atom. The lowest BCUT2D eigenvalue weighted by atomic mass is 10.1. The average molecular weight is 375 g/mol. The van der Waals surface area contributed by atoms with Gasteiger partial charge >= 0.3 is 5.91 Å². The van der Waals surface area contributed by atoms with Crippen LogP contribution in [-0.2, 0) is 0 Å². The summed E-state index contributed by atoms with van der Waals surface area (Å²) in [7, 11) is 0. The summed E-state index contributed by atoms with van der Waals surface area (Å²) in [6, 6.07) is 19.7. The number of halogens is 1. The van der Waals surface area contributed by atoms with Crippen molar-refractivity contribution in [3.63, 3.8) is 0 Å². The summed E-state index contributed by atoms with van der Waals surface area (Å²) in [5, 5.41) is 0.902. The lowest BCUT2D eigenvalue weighted by Gasteiger charge is -2.06. The zero-order valence-corrected chi connectivity index (χ0v) is 14.5. The number of hydrogen-bond acceptors (Lipinski definition) is 4. The SMILES string of the molecule is O=C(NNC(=O)c1ccc(-c2ccccc2F)o1)c1ccc2ccccc2n1. The van der Waals surface area contributed by atoms with E-state index in [4.69, 9.17) is 4.42 Å². The van der Waals surface area contributed by atoms with Gasteiger partial charge in [-0.05, 0) is 36.4 Å². The summed E-state index contributed by atoms with van der Waals surface area (Å²) in [6.07, 6.45) is 0. The molecule has 2 N–H and O–H groups in total. The molecule has 0 saturated carbocycles. The molecule has 138 valence electrons. The number of furan rings is 1. The normalized spacial score (nSPS) is 10.6. The van der Waals surface area contributed by atoms with Crippen molar-refractivity contribution in [3.05, 3.63) is 90.1 Å². The number of aromatic nitrogens is 1. The van der Waals surface area contributed by atoms with Gasteiger partial charge in [0.2, 0.25) is 0 Å². The number of nitrogens with one attached hydrogen (secondary N) is 2. The molecule has 2 heterocycles. The number of hydrazine groups is 1. The summed E-state index contributed by atoms with van der Waals surface area (Å²) in [5.41, 5.74) is 5.61. The molecule has 4 rings (SSSR count). The van der Waals surface area contributed by atoms with Crippen LogP contribution in [-0.4, -0.2) is 16.8 Å². The summed E-state index contributed by atoms with van der Waals surface area (Å²) in [5.74, 6) is -1.55. The fourth-order valence-electron chi connectivity index (χ4n) is 2.70. The van der Waals surface area contributed by atoms with Gasteiger partial charge < -0.3 is 4.42 Å². The Balaban J connectivity index is 1.44. The van der Waals surface area contributed by atoms with E-state index in [9.17, 15) is 14.0 Å². The number of benzene rings is 2. The van der Waals surface area contributed by atoms with E-state index in [0.29, 0.717) is 5.52 Å². The highest BCUT2D eigenvalue weighted by atomic mass is 19.1. The molecule has 6 nitrogen and oxygen atoms in total. The molecule has 0 bridgehead atoms. The van der Waals surface area contributed by atoms with Gasteiger partial charge in [0.05, 0.1) is 11.1 Å². The molecule has 0 spiro atoms. The first-order valence-electron chi connectivity index (χ1n) is 8.43. The van der Waals surface area contributed by atoms with Gasteiger partial charge in [0.25, 0.3) is 5.91 Å². The van der Waals surface area contributed by atoms with Gasteiger partial charge in [-0.1, -0.05) is 36.4 Å². The first-order valence-corrected chi connectivity index (χ1v) is 8.43. The van der Waals surface area contributed by atoms with Gasteiger partial charge in [-0.3, -0.25) is 20.4 Å². The van der Waals surface area contributed by atoms with Crippen LogP contribution in [0.5, 0.6) is 0 Å². The first kappa shape index (κ1) is 17.4. The summed E-state index contributed by atoms with van der Waals surface area (Å²) < 4.78 is 19.2. The van der Waals surface area contributed by atoms with E-state index in [2.05, 4.69) is 15.8 Å². The molecule has 28 heavy (non-hydrogen) atoms. The molecule has 0 atom stereocenters. The number of rotatable bonds is 3. The van der Waals surface area contributed by atoms with Crippen molar-refractivity contribution >= 4 is 22.7 Å². The standard InChI is InChI=1S/C21H14FN3O3/c22-15-7-3-2-6-14(15)18-11-12-19(28-18)21(27)25-24-20(26)17-10-9-13-5-1-4-8-16(13)23-17/h1-12H,(H,24,26)(H,25,27). The van der Waals surface area contributed by atoms with Crippen LogP contribution in [0.4, 0.5) is 4.39 Å². The molecule has 0 aliphatic heterocycles. The van der Waals surface area contributed by atoms with Crippen LogP contribution >= 0.6 is 0 Å². The molecule has 7 heteroatoms. The van der Waals surface area contributed by atoms with E-state index in [1.54, 1.807) is 36.4 Å². The Bertz CT molecular complexity index is 1190. The predicted octanol–water partition coefficient (Wildman–Crippen LogP) is 3.71. The van der Waals surface area contributed by atoms with E-state index < -0.39 is 17.6 Å². The quantitative estimate of drug-likeness (QED) is 0.535. The van der Waals surface area contributed by atoms with Gasteiger partial charge in [0.15, 0.2) is 5.76 Å². The Labute approximate surface area is 159 Å². The maximum absolute atomic E-state index is 13.8. The lowest BCUT2D eigenvalue weighted by Crippen LogP contribution is -2.41. The summed E-state index contributed by atoms with van der Waals surface area (Å²) >= 11 is 0. The third kappa shape index (κ3) is 3.45. The second kappa shape index (κ2) is 7.32. The van der Waals surface area contributed by atoms with Crippen molar-refractivity contribution in [3.8, 4) is 11.3 Å². The molecular weight excluding hydrogens is 361 g/mol. The van der Waals surface area contributed by atoms with Crippen molar-refractivity contribution < 1.29 is 18.4 Å². The van der Waals surface area contributed by atoms with Gasteiger partial charge in [-0.15, -0.1) is 0 Å². The van der Waals surface area contributed by atoms with E-state index in [1.807, 2.05) is 18.2 Å². The van der Waals surface area contributed by atoms with Gasteiger partial charge in [-0.2, -0.15) is 0 Å². The van der Waals surface area contributed by atoms with E-state index in [-0.39, 0.29) is 22.8 Å². The second-order valence-electron chi connectivity index (χ2n) is 5.94. The van der Waals surface area contributed by atoms with Crippen LogP contribution in [0.2, 0.25) is 0 Å². The molecule has 2 aromatic carbocycles. The highest BCUT2D eigenvalue weighted by molar-refractivity contribution is 5.98. The minimum atomic E-state index is -0.670. The third-order valence-electron chi connectivity index (χ3n) is 4.09. The molecular formula is C21H14FN3O3. The topological polar surface area (TPSA) is 84.2 Å². The third-order valence-corrected chi connectivity index (χ3v) is 4.09. The fourth-order valence-corrected chi connectivity index (χ4v) is 2.70. The van der Waals surface area contributed by atoms with Gasteiger partial charge in [0.1, 0.15) is 17.3 Å². The molecule has 2 amide bonds. The molecule has 0 saturated heterocycles. The Kier molecular flexibility index (Phi) is 4.55. The average Bonchev–Trinajstić information content (AvgIpc) is 3.22. The highest BCUT2D eigenvalue weighted by Gasteiger charge is 2.16. The fraction of sp³-hybridized carbons (Fsp3) is 0. The van der Waals surface area contributed by atoms with Crippen molar-refractivity contribution in [1.82, 2.24) is 15.8 Å². The number of para-hydroxylation sites is 1. The van der Waals surface area contributed by atoms with Crippen LogP contribution in [0.3, 0.4) is 0 Å². The second-order valence-corrected chi connectivity index (χ2v) is 5.94. The van der Waals surface area contributed by atoms with Crippen molar-refractivity contribution in [2.75, 3.05) is 0 Å². The number of pyridine rings is 1. The van der Waals surface area contributed by atoms with Crippen molar-refractivity contribution in [2.45, 2.75) is 0 Å². The van der Waals surface area contributed by atoms with E-state index in [0.717, 1.165) is 5.39 Å². The largest absolute Gasteiger partial charge is 0.451 e. The zero-order chi connectivity index (χ0) is 19.5. The summed E-state index contributed by atoms with van der Waals surface area (Å²) in [6.45, 7) is 0. The molecule has 2 aromatic heterocycles. The maximum atomic E-state index is 13.8. The molecule has 0 unspecified atom stereocenters. The number of carbonyl (C=O) groups is 2. The minimum Gasteiger partial charge on any atom is -0.451 e. The monoisotopic (exact) mass is 375 g/mol. The molecule has 0 fully saturated rings. The Morgan fingerprint density at radius 1 is 0.821 bits per heavy atom. The van der Waals surface area contributed by atoms with Crippen LogP contribution in [0.15, 0.2) is 77.2 Å². The molecule has 0 aliphatic carbocycles. The number of hydrogen-bond donors (Lipinski definition) is 2. The molecule has 0 aliphatic rings. The number of carbonyl (C=O) groups excluding carboxylic acids is 2. The first-order chi connectivity index (χ1) is 13.6. The Morgan fingerprint density at radius 2 is 1.57 bits per heavy atom. The Hall–Kier alpha value is -4.00. The zero-order valence-electron chi connectivity index (χ0n) is 14.5. The van der Waals surface area contributed by atoms with Crippen LogP contribution in [0.25, 0.3) is 22.2 Å². The molecule has 0 radical (unpaired) electrons. The lowest BCUT2D eigenvalue weighted by molar-refractivity contribution is 0.0829.